The molecule has 1 fully saturated rings. The minimum Gasteiger partial charge on any atom is -0.272 e. The summed E-state index contributed by atoms with van der Waals surface area (Å²) < 4.78 is 0. The summed E-state index contributed by atoms with van der Waals surface area (Å²) in [4.78, 5) is 36.9. The Labute approximate surface area is 127 Å². The van der Waals surface area contributed by atoms with Crippen LogP contribution in [0.3, 0.4) is 0 Å². The first-order valence-corrected chi connectivity index (χ1v) is 7.00. The summed E-state index contributed by atoms with van der Waals surface area (Å²) in [5.74, 6) is -0.584. The Bertz CT molecular complexity index is 714. The van der Waals surface area contributed by atoms with E-state index in [9.17, 15) is 9.59 Å². The Balaban J connectivity index is 1.74. The molecule has 0 radical (unpaired) electrons. The SMILES string of the molecule is Cc1ccnc(-c2cc(CON3C(=O)CCC3=O)ccn2)c1. The second kappa shape index (κ2) is 6.03. The van der Waals surface area contributed by atoms with Gasteiger partial charge >= 0.3 is 0 Å². The molecule has 3 rings (SSSR count). The second-order valence-electron chi connectivity index (χ2n) is 5.12. The highest BCUT2D eigenvalue weighted by atomic mass is 16.7. The van der Waals surface area contributed by atoms with Gasteiger partial charge in [0.05, 0.1) is 11.4 Å². The number of rotatable bonds is 4. The van der Waals surface area contributed by atoms with Gasteiger partial charge in [-0.1, -0.05) is 0 Å². The Kier molecular flexibility index (Phi) is 3.93. The molecule has 1 aliphatic rings. The molecule has 6 nitrogen and oxygen atoms in total. The Morgan fingerprint density at radius 1 is 1.05 bits per heavy atom. The summed E-state index contributed by atoms with van der Waals surface area (Å²) in [6.45, 7) is 2.13. The fourth-order valence-electron chi connectivity index (χ4n) is 2.22. The number of aryl methyl sites for hydroxylation is 1. The van der Waals surface area contributed by atoms with E-state index < -0.39 is 0 Å². The van der Waals surface area contributed by atoms with Crippen LogP contribution in [-0.4, -0.2) is 26.8 Å². The van der Waals surface area contributed by atoms with Crippen molar-refractivity contribution in [1.29, 1.82) is 0 Å². The van der Waals surface area contributed by atoms with Crippen LogP contribution >= 0.6 is 0 Å². The first kappa shape index (κ1) is 14.3. The van der Waals surface area contributed by atoms with Crippen LogP contribution in [0.2, 0.25) is 0 Å². The van der Waals surface area contributed by atoms with Gasteiger partial charge in [0, 0.05) is 25.2 Å². The number of imide groups is 1. The summed E-state index contributed by atoms with van der Waals surface area (Å²) in [7, 11) is 0. The number of carbonyl (C=O) groups is 2. The molecule has 112 valence electrons. The zero-order valence-electron chi connectivity index (χ0n) is 12.2. The normalized spacial score (nSPS) is 14.7. The Morgan fingerprint density at radius 2 is 1.68 bits per heavy atom. The molecule has 0 aliphatic carbocycles. The minimum atomic E-state index is -0.292. The molecular weight excluding hydrogens is 282 g/mol. The topological polar surface area (TPSA) is 72.4 Å². The number of carbonyl (C=O) groups excluding carboxylic acids is 2. The summed E-state index contributed by atoms with van der Waals surface area (Å²) in [5.41, 5.74) is 3.42. The fraction of sp³-hybridized carbons (Fsp3) is 0.250. The van der Waals surface area contributed by atoms with Crippen LogP contribution in [0.1, 0.15) is 24.0 Å². The lowest BCUT2D eigenvalue weighted by Gasteiger charge is -2.13. The van der Waals surface area contributed by atoms with Crippen molar-refractivity contribution in [2.45, 2.75) is 26.4 Å². The van der Waals surface area contributed by atoms with Crippen LogP contribution in [-0.2, 0) is 21.0 Å². The van der Waals surface area contributed by atoms with Crippen molar-refractivity contribution in [2.75, 3.05) is 0 Å². The summed E-state index contributed by atoms with van der Waals surface area (Å²) in [6, 6.07) is 7.48. The third-order valence-corrected chi connectivity index (χ3v) is 3.37. The van der Waals surface area contributed by atoms with Gasteiger partial charge < -0.3 is 0 Å². The summed E-state index contributed by atoms with van der Waals surface area (Å²) >= 11 is 0. The smallest absolute Gasteiger partial charge is 0.254 e. The third-order valence-electron chi connectivity index (χ3n) is 3.37. The molecule has 6 heteroatoms. The highest BCUT2D eigenvalue weighted by Gasteiger charge is 2.30. The van der Waals surface area contributed by atoms with Gasteiger partial charge in [0.1, 0.15) is 6.61 Å². The van der Waals surface area contributed by atoms with Crippen molar-refractivity contribution in [3.8, 4) is 11.4 Å². The standard InChI is InChI=1S/C16H15N3O3/c1-11-4-6-17-13(8-11)14-9-12(5-7-18-14)10-22-19-15(20)2-3-16(19)21/h4-9H,2-3,10H2,1H3. The van der Waals surface area contributed by atoms with E-state index in [1.165, 1.54) is 0 Å². The molecule has 0 saturated carbocycles. The van der Waals surface area contributed by atoms with Gasteiger partial charge in [0.25, 0.3) is 11.8 Å². The summed E-state index contributed by atoms with van der Waals surface area (Å²) in [6.07, 6.45) is 3.82. The van der Waals surface area contributed by atoms with Crippen LogP contribution < -0.4 is 0 Å². The van der Waals surface area contributed by atoms with Gasteiger partial charge in [0.2, 0.25) is 0 Å². The van der Waals surface area contributed by atoms with Crippen molar-refractivity contribution in [1.82, 2.24) is 15.0 Å². The maximum absolute atomic E-state index is 11.5. The molecule has 2 amide bonds. The number of amides is 2. The predicted octanol–water partition coefficient (Wildman–Crippen LogP) is 2.03. The number of nitrogens with zero attached hydrogens (tertiary/aromatic N) is 3. The minimum absolute atomic E-state index is 0.138. The second-order valence-corrected chi connectivity index (χ2v) is 5.12. The maximum atomic E-state index is 11.5. The van der Waals surface area contributed by atoms with Crippen molar-refractivity contribution >= 4 is 11.8 Å². The molecule has 0 spiro atoms. The van der Waals surface area contributed by atoms with Crippen molar-refractivity contribution in [2.24, 2.45) is 0 Å². The van der Waals surface area contributed by atoms with E-state index >= 15 is 0 Å². The zero-order chi connectivity index (χ0) is 15.5. The quantitative estimate of drug-likeness (QED) is 0.807. The Hall–Kier alpha value is -2.60. The van der Waals surface area contributed by atoms with Gasteiger partial charge in [-0.3, -0.25) is 24.4 Å². The average molecular weight is 297 g/mol. The predicted molar refractivity (Wildman–Crippen MR) is 78.1 cm³/mol. The molecule has 0 aromatic carbocycles. The van der Waals surface area contributed by atoms with Gasteiger partial charge in [-0.05, 0) is 42.3 Å². The maximum Gasteiger partial charge on any atom is 0.254 e. The molecule has 22 heavy (non-hydrogen) atoms. The largest absolute Gasteiger partial charge is 0.272 e. The summed E-state index contributed by atoms with van der Waals surface area (Å²) in [5, 5.41) is 0.852. The molecule has 0 N–H and O–H groups in total. The lowest BCUT2D eigenvalue weighted by atomic mass is 10.1. The number of hydrogen-bond donors (Lipinski definition) is 0. The van der Waals surface area contributed by atoms with E-state index in [1.807, 2.05) is 25.1 Å². The highest BCUT2D eigenvalue weighted by Crippen LogP contribution is 2.18. The van der Waals surface area contributed by atoms with E-state index in [0.717, 1.165) is 27.6 Å². The van der Waals surface area contributed by atoms with Gasteiger partial charge in [-0.25, -0.2) is 0 Å². The van der Waals surface area contributed by atoms with Crippen LogP contribution in [0.4, 0.5) is 0 Å². The average Bonchev–Trinajstić information content (AvgIpc) is 2.84. The van der Waals surface area contributed by atoms with E-state index in [1.54, 1.807) is 18.5 Å². The van der Waals surface area contributed by atoms with E-state index in [0.29, 0.717) is 0 Å². The van der Waals surface area contributed by atoms with E-state index in [-0.39, 0.29) is 31.3 Å². The highest BCUT2D eigenvalue weighted by molar-refractivity contribution is 6.00. The van der Waals surface area contributed by atoms with Gasteiger partial charge in [-0.2, -0.15) is 5.06 Å². The molecule has 3 heterocycles. The molecule has 1 aliphatic heterocycles. The molecular formula is C16H15N3O3. The van der Waals surface area contributed by atoms with Gasteiger partial charge in [-0.15, -0.1) is 0 Å². The lowest BCUT2D eigenvalue weighted by Crippen LogP contribution is -2.29. The first-order chi connectivity index (χ1) is 10.6. The van der Waals surface area contributed by atoms with E-state index in [2.05, 4.69) is 9.97 Å². The number of hydroxylamine groups is 2. The van der Waals surface area contributed by atoms with Crippen LogP contribution in [0.25, 0.3) is 11.4 Å². The molecule has 0 atom stereocenters. The number of hydrogen-bond acceptors (Lipinski definition) is 5. The molecule has 0 unspecified atom stereocenters. The number of aromatic nitrogens is 2. The monoisotopic (exact) mass is 297 g/mol. The third kappa shape index (κ3) is 3.01. The van der Waals surface area contributed by atoms with Crippen LogP contribution in [0.5, 0.6) is 0 Å². The fourth-order valence-corrected chi connectivity index (χ4v) is 2.22. The van der Waals surface area contributed by atoms with E-state index in [4.69, 9.17) is 4.84 Å². The zero-order valence-corrected chi connectivity index (χ0v) is 12.2. The van der Waals surface area contributed by atoms with Crippen molar-refractivity contribution < 1.29 is 14.4 Å². The Morgan fingerprint density at radius 3 is 2.36 bits per heavy atom. The first-order valence-electron chi connectivity index (χ1n) is 7.00. The van der Waals surface area contributed by atoms with Crippen molar-refractivity contribution in [3.05, 3.63) is 47.8 Å². The van der Waals surface area contributed by atoms with Crippen LogP contribution in [0, 0.1) is 6.92 Å². The van der Waals surface area contributed by atoms with Crippen molar-refractivity contribution in [3.63, 3.8) is 0 Å². The number of pyridine rings is 2. The molecule has 0 bridgehead atoms. The van der Waals surface area contributed by atoms with Crippen LogP contribution in [0.15, 0.2) is 36.7 Å². The van der Waals surface area contributed by atoms with Gasteiger partial charge in [0.15, 0.2) is 0 Å². The molecule has 2 aromatic rings. The molecule has 2 aromatic heterocycles. The molecule has 1 saturated heterocycles. The lowest BCUT2D eigenvalue weighted by molar-refractivity contribution is -0.191.